The Morgan fingerprint density at radius 1 is 1.20 bits per heavy atom. The molecule has 0 unspecified atom stereocenters. The molecule has 0 saturated carbocycles. The highest BCUT2D eigenvalue weighted by atomic mass is 19.1. The summed E-state index contributed by atoms with van der Waals surface area (Å²) < 4.78 is 14.0. The zero-order valence-electron chi connectivity index (χ0n) is 7.68. The first-order valence-electron chi connectivity index (χ1n) is 4.11. The zero-order chi connectivity index (χ0) is 11.0. The summed E-state index contributed by atoms with van der Waals surface area (Å²) in [6.45, 7) is 0. The van der Waals surface area contributed by atoms with Crippen LogP contribution >= 0.6 is 0 Å². The fraction of sp³-hybridized carbons (Fsp3) is 0. The van der Waals surface area contributed by atoms with Crippen molar-refractivity contribution in [2.75, 3.05) is 17.3 Å². The van der Waals surface area contributed by atoms with Crippen LogP contribution in [0.1, 0.15) is 0 Å². The minimum Gasteiger partial charge on any atom is -0.398 e. The maximum Gasteiger partial charge on any atom is 0.241 e. The molecular weight excluding hydrogens is 199 g/mol. The minimum absolute atomic E-state index is 0.0358. The van der Waals surface area contributed by atoms with E-state index in [9.17, 15) is 4.39 Å². The first-order chi connectivity index (χ1) is 7.09. The van der Waals surface area contributed by atoms with Gasteiger partial charge in [-0.05, 0) is 18.2 Å². The van der Waals surface area contributed by atoms with Gasteiger partial charge in [0.15, 0.2) is 5.82 Å². The number of nitrogen functional groups attached to an aromatic ring is 3. The highest BCUT2D eigenvalue weighted by Crippen LogP contribution is 2.24. The van der Waals surface area contributed by atoms with Gasteiger partial charge in [-0.3, -0.25) is 0 Å². The van der Waals surface area contributed by atoms with Crippen LogP contribution in [0.2, 0.25) is 0 Å². The average molecular weight is 208 g/mol. The van der Waals surface area contributed by atoms with Gasteiger partial charge >= 0.3 is 0 Å². The number of hydrogen-bond acceptors (Lipinski definition) is 5. The molecule has 0 aliphatic rings. The molecule has 0 atom stereocenters. The number of halogens is 1. The lowest BCUT2D eigenvalue weighted by Gasteiger charge is -2.04. The van der Waals surface area contributed by atoms with E-state index in [0.29, 0.717) is 11.3 Å². The lowest BCUT2D eigenvalue weighted by atomic mass is 10.1. The highest BCUT2D eigenvalue weighted by molar-refractivity contribution is 5.72. The van der Waals surface area contributed by atoms with Crippen LogP contribution in [0.3, 0.4) is 0 Å². The number of hydrogen-bond donors (Lipinski definition) is 3. The van der Waals surface area contributed by atoms with Crippen molar-refractivity contribution >= 4 is 11.6 Å². The first-order valence-corrected chi connectivity index (χ1v) is 4.11. The zero-order valence-corrected chi connectivity index (χ0v) is 7.68. The van der Waals surface area contributed by atoms with Crippen LogP contribution in [-0.2, 0) is 0 Å². The predicted octanol–water partition coefficient (Wildman–Crippen LogP) is -0.0376. The van der Waals surface area contributed by atoms with E-state index in [4.69, 9.17) is 17.3 Å². The van der Waals surface area contributed by atoms with E-state index >= 15 is 0 Å². The SMILES string of the molecule is Nc1ccc(F)cc1-c1nnc(N)n1N. The van der Waals surface area contributed by atoms with Gasteiger partial charge in [-0.15, -0.1) is 10.2 Å². The molecule has 0 aliphatic heterocycles. The van der Waals surface area contributed by atoms with Gasteiger partial charge in [-0.25, -0.2) is 9.07 Å². The maximum atomic E-state index is 13.0. The summed E-state index contributed by atoms with van der Waals surface area (Å²) in [6.07, 6.45) is 0. The molecule has 0 spiro atoms. The van der Waals surface area contributed by atoms with Gasteiger partial charge in [0.05, 0.1) is 0 Å². The second-order valence-corrected chi connectivity index (χ2v) is 2.98. The van der Waals surface area contributed by atoms with Crippen LogP contribution in [0.15, 0.2) is 18.2 Å². The monoisotopic (exact) mass is 208 g/mol. The standard InChI is InChI=1S/C8H9FN6/c9-4-1-2-6(10)5(3-4)7-13-14-8(11)15(7)12/h1-3H,10,12H2,(H2,11,14). The third-order valence-electron chi connectivity index (χ3n) is 1.98. The smallest absolute Gasteiger partial charge is 0.241 e. The maximum absolute atomic E-state index is 13.0. The van der Waals surface area contributed by atoms with Crippen LogP contribution in [0.25, 0.3) is 11.4 Å². The van der Waals surface area contributed by atoms with E-state index in [1.54, 1.807) is 0 Å². The van der Waals surface area contributed by atoms with Gasteiger partial charge in [-0.1, -0.05) is 0 Å². The lowest BCUT2D eigenvalue weighted by molar-refractivity contribution is 0.628. The Morgan fingerprint density at radius 3 is 2.53 bits per heavy atom. The topological polar surface area (TPSA) is 109 Å². The van der Waals surface area contributed by atoms with Crippen LogP contribution in [0.5, 0.6) is 0 Å². The van der Waals surface area contributed by atoms with E-state index in [1.165, 1.54) is 18.2 Å². The van der Waals surface area contributed by atoms with Crippen LogP contribution < -0.4 is 17.3 Å². The Kier molecular flexibility index (Phi) is 1.93. The molecule has 0 fully saturated rings. The molecule has 1 heterocycles. The number of benzene rings is 1. The summed E-state index contributed by atoms with van der Waals surface area (Å²) in [4.78, 5) is 0. The molecule has 1 aromatic carbocycles. The molecule has 1 aromatic heterocycles. The molecule has 2 rings (SSSR count). The predicted molar refractivity (Wildman–Crippen MR) is 54.4 cm³/mol. The molecule has 78 valence electrons. The largest absolute Gasteiger partial charge is 0.398 e. The summed E-state index contributed by atoms with van der Waals surface area (Å²) in [5.74, 6) is 5.37. The molecule has 0 bridgehead atoms. The highest BCUT2D eigenvalue weighted by Gasteiger charge is 2.12. The molecule has 0 radical (unpaired) electrons. The van der Waals surface area contributed by atoms with Crippen molar-refractivity contribution in [3.8, 4) is 11.4 Å². The fourth-order valence-corrected chi connectivity index (χ4v) is 1.21. The van der Waals surface area contributed by atoms with Gasteiger partial charge in [0, 0.05) is 11.3 Å². The summed E-state index contributed by atoms with van der Waals surface area (Å²) in [5, 5.41) is 7.25. The second kappa shape index (κ2) is 3.12. The first kappa shape index (κ1) is 9.25. The van der Waals surface area contributed by atoms with Crippen molar-refractivity contribution in [3.63, 3.8) is 0 Å². The Morgan fingerprint density at radius 2 is 1.93 bits per heavy atom. The number of aromatic nitrogens is 3. The molecule has 0 saturated heterocycles. The van der Waals surface area contributed by atoms with Crippen LogP contribution in [0.4, 0.5) is 16.0 Å². The summed E-state index contributed by atoms with van der Waals surface area (Å²) >= 11 is 0. The molecule has 7 heteroatoms. The van der Waals surface area contributed by atoms with Crippen molar-refractivity contribution in [3.05, 3.63) is 24.0 Å². The molecule has 0 amide bonds. The van der Waals surface area contributed by atoms with Gasteiger partial charge in [0.2, 0.25) is 5.95 Å². The molecule has 6 nitrogen and oxygen atoms in total. The Bertz CT molecular complexity index is 506. The Balaban J connectivity index is 2.63. The van der Waals surface area contributed by atoms with Crippen LogP contribution in [0, 0.1) is 5.82 Å². The lowest BCUT2D eigenvalue weighted by Crippen LogP contribution is -2.13. The van der Waals surface area contributed by atoms with E-state index in [0.717, 1.165) is 4.68 Å². The molecule has 15 heavy (non-hydrogen) atoms. The van der Waals surface area contributed by atoms with Crippen molar-refractivity contribution in [2.24, 2.45) is 0 Å². The summed E-state index contributed by atoms with van der Waals surface area (Å²) in [5.41, 5.74) is 11.8. The molecular formula is C8H9FN6. The van der Waals surface area contributed by atoms with Crippen LogP contribution in [-0.4, -0.2) is 14.9 Å². The van der Waals surface area contributed by atoms with Crippen molar-refractivity contribution in [1.29, 1.82) is 0 Å². The van der Waals surface area contributed by atoms with E-state index in [1.807, 2.05) is 0 Å². The third kappa shape index (κ3) is 1.43. The third-order valence-corrected chi connectivity index (χ3v) is 1.98. The normalized spacial score (nSPS) is 10.5. The fourth-order valence-electron chi connectivity index (χ4n) is 1.21. The molecule has 6 N–H and O–H groups in total. The van der Waals surface area contributed by atoms with E-state index in [-0.39, 0.29) is 11.8 Å². The molecule has 2 aromatic rings. The Labute approximate surface area is 84.5 Å². The summed E-state index contributed by atoms with van der Waals surface area (Å²) in [7, 11) is 0. The van der Waals surface area contributed by atoms with E-state index in [2.05, 4.69) is 10.2 Å². The van der Waals surface area contributed by atoms with Crippen molar-refractivity contribution in [1.82, 2.24) is 14.9 Å². The van der Waals surface area contributed by atoms with Gasteiger partial charge in [0.1, 0.15) is 5.82 Å². The van der Waals surface area contributed by atoms with Gasteiger partial charge in [-0.2, -0.15) is 0 Å². The van der Waals surface area contributed by atoms with Crippen molar-refractivity contribution < 1.29 is 4.39 Å². The summed E-state index contributed by atoms with van der Waals surface area (Å²) in [6, 6.07) is 3.90. The number of anilines is 2. The number of rotatable bonds is 1. The van der Waals surface area contributed by atoms with E-state index < -0.39 is 5.82 Å². The molecule has 0 aliphatic carbocycles. The van der Waals surface area contributed by atoms with Crippen molar-refractivity contribution in [2.45, 2.75) is 0 Å². The minimum atomic E-state index is -0.430. The number of nitrogens with zero attached hydrogens (tertiary/aromatic N) is 3. The number of nitrogens with two attached hydrogens (primary N) is 3. The quantitative estimate of drug-likeness (QED) is 0.450. The second-order valence-electron chi connectivity index (χ2n) is 2.98. The van der Waals surface area contributed by atoms with Gasteiger partial charge < -0.3 is 17.3 Å². The Hall–Kier alpha value is -2.31. The van der Waals surface area contributed by atoms with Gasteiger partial charge in [0.25, 0.3) is 0 Å². The average Bonchev–Trinajstić information content (AvgIpc) is 2.52.